The third-order valence-electron chi connectivity index (χ3n) is 3.21. The number of nitrogens with one attached hydrogen (secondary N) is 1. The molecule has 2 aromatic carbocycles. The summed E-state index contributed by atoms with van der Waals surface area (Å²) in [4.78, 5) is 12.3. The Bertz CT molecular complexity index is 771. The van der Waals surface area contributed by atoms with Crippen LogP contribution in [-0.4, -0.2) is 11.6 Å². The highest BCUT2D eigenvalue weighted by molar-refractivity contribution is 6.14. The Balaban J connectivity index is 2.10. The van der Waals surface area contributed by atoms with Crippen molar-refractivity contribution in [3.63, 3.8) is 0 Å². The molecule has 1 atom stereocenters. The van der Waals surface area contributed by atoms with Gasteiger partial charge in [-0.3, -0.25) is 0 Å². The number of nitrogens with zero attached hydrogens (tertiary/aromatic N) is 2. The van der Waals surface area contributed by atoms with E-state index in [0.717, 1.165) is 11.3 Å². The molecule has 0 saturated heterocycles. The molecule has 3 rings (SSSR count). The van der Waals surface area contributed by atoms with E-state index in [1.807, 2.05) is 66.7 Å². The van der Waals surface area contributed by atoms with E-state index in [1.165, 1.54) is 0 Å². The number of benzene rings is 2. The number of nitriles is 1. The Morgan fingerprint density at radius 2 is 1.57 bits per heavy atom. The van der Waals surface area contributed by atoms with Gasteiger partial charge >= 0.3 is 5.91 Å². The van der Waals surface area contributed by atoms with Gasteiger partial charge in [0, 0.05) is 17.7 Å². The summed E-state index contributed by atoms with van der Waals surface area (Å²) in [7, 11) is 0. The van der Waals surface area contributed by atoms with Crippen LogP contribution in [0.25, 0.3) is 0 Å². The van der Waals surface area contributed by atoms with Crippen molar-refractivity contribution in [1.29, 1.82) is 5.26 Å². The molecule has 4 heteroatoms. The fourth-order valence-electron chi connectivity index (χ4n) is 2.16. The molecule has 2 aromatic rings. The highest BCUT2D eigenvalue weighted by Gasteiger charge is 2.31. The summed E-state index contributed by atoms with van der Waals surface area (Å²) >= 11 is 0. The van der Waals surface area contributed by atoms with E-state index in [9.17, 15) is 10.1 Å². The highest BCUT2D eigenvalue weighted by Crippen LogP contribution is 2.09. The third kappa shape index (κ3) is 2.50. The lowest BCUT2D eigenvalue weighted by molar-refractivity contribution is -0.754. The predicted molar refractivity (Wildman–Crippen MR) is 78.7 cm³/mol. The van der Waals surface area contributed by atoms with Crippen LogP contribution in [0.15, 0.2) is 77.4 Å². The van der Waals surface area contributed by atoms with Crippen molar-refractivity contribution >= 4 is 17.3 Å². The number of allylic oxidation sites excluding steroid dienone is 1. The van der Waals surface area contributed by atoms with Crippen molar-refractivity contribution < 1.29 is 9.80 Å². The first-order valence-electron chi connectivity index (χ1n) is 6.52. The van der Waals surface area contributed by atoms with Crippen LogP contribution < -0.4 is 5.01 Å². The molecule has 1 heterocycles. The summed E-state index contributed by atoms with van der Waals surface area (Å²) in [6, 6.07) is 20.7. The number of amides is 1. The van der Waals surface area contributed by atoms with E-state index in [4.69, 9.17) is 0 Å². The molecule has 0 spiro atoms. The molecule has 1 aliphatic rings. The number of carbonyl (C=O) groups excluding carboxylic acids is 1. The first-order valence-corrected chi connectivity index (χ1v) is 6.52. The van der Waals surface area contributed by atoms with E-state index in [-0.39, 0.29) is 11.5 Å². The third-order valence-corrected chi connectivity index (χ3v) is 3.21. The molecular formula is C17H12N3O+. The average Bonchev–Trinajstić information content (AvgIpc) is 2.56. The molecule has 21 heavy (non-hydrogen) atoms. The molecule has 0 fully saturated rings. The van der Waals surface area contributed by atoms with Gasteiger partial charge in [0.05, 0.1) is 0 Å². The SMILES string of the molecule is N#CC1=CC(c2ccccc2)=N[NH+](c2ccccc2)C1=O. The molecule has 4 nitrogen and oxygen atoms in total. The first-order chi connectivity index (χ1) is 10.3. The van der Waals surface area contributed by atoms with Crippen LogP contribution in [0, 0.1) is 11.3 Å². The van der Waals surface area contributed by atoms with Gasteiger partial charge in [-0.15, -0.1) is 5.01 Å². The number of para-hydroxylation sites is 1. The number of rotatable bonds is 2. The van der Waals surface area contributed by atoms with Crippen molar-refractivity contribution in [3.8, 4) is 6.07 Å². The second-order valence-electron chi connectivity index (χ2n) is 4.58. The molecule has 1 N–H and O–H groups in total. The smallest absolute Gasteiger partial charge is 0.222 e. The van der Waals surface area contributed by atoms with E-state index >= 15 is 0 Å². The number of quaternary nitrogens is 1. The standard InChI is InChI=1S/C17H11N3O/c18-12-14-11-16(13-7-3-1-4-8-13)19-20(17(14)21)15-9-5-2-6-10-15/h1-11H/p+1. The number of hydrogen-bond donors (Lipinski definition) is 1. The second kappa shape index (κ2) is 5.53. The Morgan fingerprint density at radius 1 is 0.952 bits per heavy atom. The Kier molecular flexibility index (Phi) is 3.42. The Morgan fingerprint density at radius 3 is 2.19 bits per heavy atom. The fraction of sp³-hybridized carbons (Fsp3) is 0. The largest absolute Gasteiger partial charge is 0.386 e. The lowest BCUT2D eigenvalue weighted by Crippen LogP contribution is -3.06. The zero-order valence-corrected chi connectivity index (χ0v) is 11.2. The normalized spacial score (nSPS) is 17.7. The average molecular weight is 274 g/mol. The molecule has 1 amide bonds. The van der Waals surface area contributed by atoms with Crippen molar-refractivity contribution in [1.82, 2.24) is 0 Å². The van der Waals surface area contributed by atoms with Crippen LogP contribution in [0.1, 0.15) is 5.56 Å². The van der Waals surface area contributed by atoms with E-state index < -0.39 is 0 Å². The lowest BCUT2D eigenvalue weighted by Gasteiger charge is -2.15. The van der Waals surface area contributed by atoms with E-state index in [1.54, 1.807) is 6.08 Å². The van der Waals surface area contributed by atoms with Crippen LogP contribution >= 0.6 is 0 Å². The van der Waals surface area contributed by atoms with E-state index in [2.05, 4.69) is 5.10 Å². The molecule has 0 bridgehead atoms. The first kappa shape index (κ1) is 13.0. The second-order valence-corrected chi connectivity index (χ2v) is 4.58. The number of hydrogen-bond acceptors (Lipinski definition) is 3. The molecule has 0 saturated carbocycles. The predicted octanol–water partition coefficient (Wildman–Crippen LogP) is 1.60. The van der Waals surface area contributed by atoms with Crippen LogP contribution in [0.3, 0.4) is 0 Å². The summed E-state index contributed by atoms with van der Waals surface area (Å²) in [5.74, 6) is -0.330. The fourth-order valence-corrected chi connectivity index (χ4v) is 2.16. The molecule has 0 aliphatic carbocycles. The van der Waals surface area contributed by atoms with Gasteiger partial charge in [-0.2, -0.15) is 5.26 Å². The van der Waals surface area contributed by atoms with Gasteiger partial charge in [-0.25, -0.2) is 4.79 Å². The van der Waals surface area contributed by atoms with Crippen molar-refractivity contribution in [2.24, 2.45) is 5.10 Å². The van der Waals surface area contributed by atoms with Crippen LogP contribution in [0.5, 0.6) is 0 Å². The minimum Gasteiger partial charge on any atom is -0.222 e. The van der Waals surface area contributed by atoms with Gasteiger partial charge < -0.3 is 0 Å². The minimum absolute atomic E-state index is 0.114. The van der Waals surface area contributed by atoms with Gasteiger partial charge in [0.2, 0.25) is 0 Å². The summed E-state index contributed by atoms with van der Waals surface area (Å²) in [5, 5.41) is 14.0. The maximum Gasteiger partial charge on any atom is 0.386 e. The quantitative estimate of drug-likeness (QED) is 0.904. The van der Waals surface area contributed by atoms with Crippen molar-refractivity contribution in [2.75, 3.05) is 0 Å². The lowest BCUT2D eigenvalue weighted by atomic mass is 10.1. The molecule has 1 aliphatic heterocycles. The van der Waals surface area contributed by atoms with Crippen LogP contribution in [0.2, 0.25) is 0 Å². The number of carbonyl (C=O) groups is 1. The maximum atomic E-state index is 12.3. The van der Waals surface area contributed by atoms with Gasteiger partial charge in [0.15, 0.2) is 11.3 Å². The van der Waals surface area contributed by atoms with E-state index in [0.29, 0.717) is 10.7 Å². The van der Waals surface area contributed by atoms with Gasteiger partial charge in [0.1, 0.15) is 11.8 Å². The summed E-state index contributed by atoms with van der Waals surface area (Å²) in [5.41, 5.74) is 2.34. The molecule has 100 valence electrons. The van der Waals surface area contributed by atoms with Gasteiger partial charge in [-0.05, 0) is 6.08 Å². The summed E-state index contributed by atoms with van der Waals surface area (Å²) in [6.07, 6.45) is 1.55. The molecule has 0 radical (unpaired) electrons. The van der Waals surface area contributed by atoms with Gasteiger partial charge in [0.25, 0.3) is 0 Å². The summed E-state index contributed by atoms with van der Waals surface area (Å²) < 4.78 is 0. The van der Waals surface area contributed by atoms with Crippen LogP contribution in [-0.2, 0) is 4.79 Å². The minimum atomic E-state index is -0.330. The topological polar surface area (TPSA) is 57.7 Å². The maximum absolute atomic E-state index is 12.3. The van der Waals surface area contributed by atoms with Crippen molar-refractivity contribution in [3.05, 3.63) is 77.9 Å². The zero-order chi connectivity index (χ0) is 14.7. The summed E-state index contributed by atoms with van der Waals surface area (Å²) in [6.45, 7) is 0. The molecule has 0 aromatic heterocycles. The highest BCUT2D eigenvalue weighted by atomic mass is 16.2. The van der Waals surface area contributed by atoms with Crippen molar-refractivity contribution in [2.45, 2.75) is 0 Å². The van der Waals surface area contributed by atoms with Crippen LogP contribution in [0.4, 0.5) is 5.69 Å². The Labute approximate surface area is 122 Å². The monoisotopic (exact) mass is 274 g/mol. The van der Waals surface area contributed by atoms with Gasteiger partial charge in [-0.1, -0.05) is 53.6 Å². The molecule has 1 unspecified atom stereocenters. The Hall–Kier alpha value is -3.03. The molecular weight excluding hydrogens is 262 g/mol. The zero-order valence-electron chi connectivity index (χ0n) is 11.2.